The molecule has 3 rings (SSSR count). The maximum absolute atomic E-state index is 12.0. The highest BCUT2D eigenvalue weighted by atomic mass is 32.2. The molecule has 0 saturated carbocycles. The fraction of sp³-hybridized carbons (Fsp3) is 0.333. The van der Waals surface area contributed by atoms with Crippen molar-refractivity contribution in [2.45, 2.75) is 11.4 Å². The van der Waals surface area contributed by atoms with Crippen molar-refractivity contribution in [3.8, 4) is 5.75 Å². The number of hydrogen-bond acceptors (Lipinski definition) is 4. The van der Waals surface area contributed by atoms with E-state index >= 15 is 0 Å². The van der Waals surface area contributed by atoms with E-state index in [0.717, 1.165) is 11.3 Å². The van der Waals surface area contributed by atoms with Gasteiger partial charge in [-0.05, 0) is 17.7 Å². The van der Waals surface area contributed by atoms with E-state index in [0.29, 0.717) is 12.3 Å². The molecule has 0 aromatic heterocycles. The summed E-state index contributed by atoms with van der Waals surface area (Å²) in [4.78, 5) is 25.6. The summed E-state index contributed by atoms with van der Waals surface area (Å²) in [6.45, 7) is 4.41. The highest BCUT2D eigenvalue weighted by Crippen LogP contribution is 2.35. The predicted molar refractivity (Wildman–Crippen MR) is 81.0 cm³/mol. The van der Waals surface area contributed by atoms with Crippen LogP contribution < -0.4 is 10.1 Å². The van der Waals surface area contributed by atoms with Crippen molar-refractivity contribution in [2.75, 3.05) is 18.9 Å². The SMILES string of the molecule is C=C1CS[C@H]2C(NC(=O)COc3ccccc3)C(=O)N2C1. The van der Waals surface area contributed by atoms with Crippen LogP contribution in [0.15, 0.2) is 42.5 Å². The van der Waals surface area contributed by atoms with Gasteiger partial charge in [0.2, 0.25) is 5.91 Å². The molecule has 6 heteroatoms. The Morgan fingerprint density at radius 2 is 2.19 bits per heavy atom. The van der Waals surface area contributed by atoms with E-state index in [1.165, 1.54) is 0 Å². The Labute approximate surface area is 127 Å². The van der Waals surface area contributed by atoms with Crippen molar-refractivity contribution in [3.05, 3.63) is 42.5 Å². The molecular weight excluding hydrogens is 288 g/mol. The molecule has 1 unspecified atom stereocenters. The van der Waals surface area contributed by atoms with Gasteiger partial charge in [0.15, 0.2) is 6.61 Å². The lowest BCUT2D eigenvalue weighted by Gasteiger charge is -2.49. The van der Waals surface area contributed by atoms with E-state index in [1.807, 2.05) is 18.2 Å². The van der Waals surface area contributed by atoms with Crippen LogP contribution in [0.5, 0.6) is 5.75 Å². The summed E-state index contributed by atoms with van der Waals surface area (Å²) in [6.07, 6.45) is 0. The number of carbonyl (C=O) groups is 2. The van der Waals surface area contributed by atoms with Crippen LogP contribution >= 0.6 is 11.8 Å². The zero-order valence-corrected chi connectivity index (χ0v) is 12.3. The maximum Gasteiger partial charge on any atom is 0.258 e. The van der Waals surface area contributed by atoms with Crippen molar-refractivity contribution in [2.24, 2.45) is 0 Å². The third-order valence-corrected chi connectivity index (χ3v) is 4.87. The molecule has 1 N–H and O–H groups in total. The Hall–Kier alpha value is -1.95. The summed E-state index contributed by atoms with van der Waals surface area (Å²) in [6, 6.07) is 8.69. The van der Waals surface area contributed by atoms with Crippen LogP contribution in [-0.4, -0.2) is 47.0 Å². The van der Waals surface area contributed by atoms with E-state index in [9.17, 15) is 9.59 Å². The summed E-state index contributed by atoms with van der Waals surface area (Å²) in [5.74, 6) is 1.15. The number of nitrogens with zero attached hydrogens (tertiary/aromatic N) is 1. The number of amides is 2. The molecule has 21 heavy (non-hydrogen) atoms. The smallest absolute Gasteiger partial charge is 0.258 e. The number of β-lactam (4-membered cyclic amide) rings is 1. The van der Waals surface area contributed by atoms with Gasteiger partial charge in [-0.25, -0.2) is 0 Å². The number of carbonyl (C=O) groups excluding carboxylic acids is 2. The molecule has 2 atom stereocenters. The zero-order chi connectivity index (χ0) is 14.8. The summed E-state index contributed by atoms with van der Waals surface area (Å²) in [5, 5.41) is 2.78. The van der Waals surface area contributed by atoms with Crippen molar-refractivity contribution in [1.29, 1.82) is 0 Å². The lowest BCUT2D eigenvalue weighted by Crippen LogP contribution is -2.71. The first-order valence-corrected chi connectivity index (χ1v) is 7.76. The van der Waals surface area contributed by atoms with Crippen molar-refractivity contribution in [3.63, 3.8) is 0 Å². The molecule has 2 saturated heterocycles. The molecule has 2 heterocycles. The van der Waals surface area contributed by atoms with Crippen LogP contribution in [0.2, 0.25) is 0 Å². The number of ether oxygens (including phenoxy) is 1. The first-order valence-electron chi connectivity index (χ1n) is 6.71. The van der Waals surface area contributed by atoms with Crippen LogP contribution in [0.25, 0.3) is 0 Å². The Morgan fingerprint density at radius 3 is 2.95 bits per heavy atom. The fourth-order valence-corrected chi connectivity index (χ4v) is 3.61. The highest BCUT2D eigenvalue weighted by Gasteiger charge is 2.50. The van der Waals surface area contributed by atoms with Crippen molar-refractivity contribution in [1.82, 2.24) is 10.2 Å². The van der Waals surface area contributed by atoms with Gasteiger partial charge in [-0.2, -0.15) is 0 Å². The minimum atomic E-state index is -0.435. The van der Waals surface area contributed by atoms with Crippen molar-refractivity contribution < 1.29 is 14.3 Å². The molecular formula is C15H16N2O3S. The molecule has 1 aromatic carbocycles. The van der Waals surface area contributed by atoms with Crippen molar-refractivity contribution >= 4 is 23.6 Å². The lowest BCUT2D eigenvalue weighted by molar-refractivity contribution is -0.148. The first-order chi connectivity index (χ1) is 10.1. The molecule has 2 fully saturated rings. The molecule has 0 aliphatic carbocycles. The largest absolute Gasteiger partial charge is 0.484 e. The summed E-state index contributed by atoms with van der Waals surface area (Å²) >= 11 is 1.64. The summed E-state index contributed by atoms with van der Waals surface area (Å²) < 4.78 is 5.37. The number of para-hydroxylation sites is 1. The van der Waals surface area contributed by atoms with Gasteiger partial charge >= 0.3 is 0 Å². The van der Waals surface area contributed by atoms with Gasteiger partial charge in [0.05, 0.1) is 0 Å². The highest BCUT2D eigenvalue weighted by molar-refractivity contribution is 8.00. The van der Waals surface area contributed by atoms with E-state index in [2.05, 4.69) is 11.9 Å². The van der Waals surface area contributed by atoms with Crippen LogP contribution in [0, 0.1) is 0 Å². The average Bonchev–Trinajstić information content (AvgIpc) is 2.51. The number of nitrogens with one attached hydrogen (secondary N) is 1. The molecule has 0 radical (unpaired) electrons. The van der Waals surface area contributed by atoms with Gasteiger partial charge < -0.3 is 15.0 Å². The maximum atomic E-state index is 12.0. The molecule has 5 nitrogen and oxygen atoms in total. The molecule has 2 aliphatic rings. The summed E-state index contributed by atoms with van der Waals surface area (Å²) in [7, 11) is 0. The van der Waals surface area contributed by atoms with Gasteiger partial charge in [0.25, 0.3) is 5.91 Å². The third kappa shape index (κ3) is 2.90. The topological polar surface area (TPSA) is 58.6 Å². The van der Waals surface area contributed by atoms with Crippen LogP contribution in [0.3, 0.4) is 0 Å². The number of rotatable bonds is 4. The second kappa shape index (κ2) is 5.81. The third-order valence-electron chi connectivity index (χ3n) is 3.42. The number of thioether (sulfide) groups is 1. The second-order valence-corrected chi connectivity index (χ2v) is 6.17. The molecule has 110 valence electrons. The molecule has 2 aliphatic heterocycles. The molecule has 0 bridgehead atoms. The Bertz CT molecular complexity index is 576. The van der Waals surface area contributed by atoms with Gasteiger partial charge in [-0.3, -0.25) is 9.59 Å². The normalized spacial score (nSPS) is 24.1. The molecule has 2 amide bonds. The Balaban J connectivity index is 1.49. The standard InChI is InChI=1S/C15H16N2O3S/c1-10-7-17-14(19)13(15(17)21-9-10)16-12(18)8-20-11-5-3-2-4-6-11/h2-6,13,15H,1,7-9H2,(H,16,18)/t13?,15-/m0/s1. The summed E-state index contributed by atoms with van der Waals surface area (Å²) in [5.41, 5.74) is 1.04. The van der Waals surface area contributed by atoms with Gasteiger partial charge in [-0.15, -0.1) is 11.8 Å². The Kier molecular flexibility index (Phi) is 3.88. The van der Waals surface area contributed by atoms with Gasteiger partial charge in [0, 0.05) is 12.3 Å². The lowest BCUT2D eigenvalue weighted by atomic mass is 10.1. The van der Waals surface area contributed by atoms with Crippen LogP contribution in [0.4, 0.5) is 0 Å². The van der Waals surface area contributed by atoms with E-state index in [-0.39, 0.29) is 23.8 Å². The Morgan fingerprint density at radius 1 is 1.43 bits per heavy atom. The van der Waals surface area contributed by atoms with Gasteiger partial charge in [-0.1, -0.05) is 24.8 Å². The van der Waals surface area contributed by atoms with E-state index < -0.39 is 6.04 Å². The van der Waals surface area contributed by atoms with Crippen LogP contribution in [0.1, 0.15) is 0 Å². The number of benzene rings is 1. The second-order valence-electron chi connectivity index (χ2n) is 5.06. The fourth-order valence-electron chi connectivity index (χ4n) is 2.38. The van der Waals surface area contributed by atoms with Crippen LogP contribution in [-0.2, 0) is 9.59 Å². The minimum Gasteiger partial charge on any atom is -0.484 e. The quantitative estimate of drug-likeness (QED) is 0.666. The molecule has 0 spiro atoms. The molecule has 1 aromatic rings. The predicted octanol–water partition coefficient (Wildman–Crippen LogP) is 1.02. The average molecular weight is 304 g/mol. The minimum absolute atomic E-state index is 0.0312. The number of fused-ring (bicyclic) bond motifs is 1. The first kappa shape index (κ1) is 14.0. The van der Waals surface area contributed by atoms with E-state index in [1.54, 1.807) is 28.8 Å². The van der Waals surface area contributed by atoms with E-state index in [4.69, 9.17) is 4.74 Å². The van der Waals surface area contributed by atoms with Gasteiger partial charge in [0.1, 0.15) is 17.2 Å². The number of hydrogen-bond donors (Lipinski definition) is 1. The zero-order valence-electron chi connectivity index (χ0n) is 11.5. The monoisotopic (exact) mass is 304 g/mol.